The maximum Gasteiger partial charge on any atom is 0.0181 e. The predicted molar refractivity (Wildman–Crippen MR) is 110 cm³/mol. The fraction of sp³-hybridized carbons (Fsp3) is 1.00. The molecule has 1 heteroatoms. The molecule has 1 rings (SSSR count). The second kappa shape index (κ2) is 14.2. The number of rotatable bonds is 15. The molecule has 1 fully saturated rings. The number of likely N-dealkylation sites (tertiary alicyclic amines) is 1. The van der Waals surface area contributed by atoms with Gasteiger partial charge in [0, 0.05) is 5.54 Å². The van der Waals surface area contributed by atoms with Crippen LogP contribution in [-0.4, -0.2) is 23.5 Å². The van der Waals surface area contributed by atoms with Crippen LogP contribution in [0.3, 0.4) is 0 Å². The van der Waals surface area contributed by atoms with Crippen molar-refractivity contribution in [2.45, 2.75) is 135 Å². The van der Waals surface area contributed by atoms with Crippen molar-refractivity contribution in [2.75, 3.05) is 13.1 Å². The Morgan fingerprint density at radius 3 is 1.46 bits per heavy atom. The summed E-state index contributed by atoms with van der Waals surface area (Å²) in [6.45, 7) is 9.95. The van der Waals surface area contributed by atoms with Crippen LogP contribution >= 0.6 is 0 Å². The summed E-state index contributed by atoms with van der Waals surface area (Å²) in [7, 11) is 0. The van der Waals surface area contributed by atoms with E-state index in [1.807, 2.05) is 0 Å². The molecule has 0 unspecified atom stereocenters. The Morgan fingerprint density at radius 1 is 0.583 bits per heavy atom. The Balaban J connectivity index is 2.32. The van der Waals surface area contributed by atoms with Gasteiger partial charge in [0.15, 0.2) is 0 Å². The third-order valence-corrected chi connectivity index (χ3v) is 6.26. The third-order valence-electron chi connectivity index (χ3n) is 6.26. The Morgan fingerprint density at radius 2 is 1.00 bits per heavy atom. The Kier molecular flexibility index (Phi) is 13.0. The zero-order valence-corrected chi connectivity index (χ0v) is 17.4. The molecule has 1 nitrogen and oxygen atoms in total. The standard InChI is InChI=1S/C23H47N/c1-4-6-8-10-12-15-19-23(3,24-21-17-14-18-22-24)20-16-13-11-9-7-5-2/h4-22H2,1-3H3. The Hall–Kier alpha value is -0.0400. The molecule has 1 heterocycles. The number of nitrogens with zero attached hydrogens (tertiary/aromatic N) is 1. The van der Waals surface area contributed by atoms with Gasteiger partial charge < -0.3 is 0 Å². The van der Waals surface area contributed by atoms with Gasteiger partial charge in [0.1, 0.15) is 0 Å². The fourth-order valence-corrected chi connectivity index (χ4v) is 4.45. The van der Waals surface area contributed by atoms with Crippen LogP contribution in [0.25, 0.3) is 0 Å². The average molecular weight is 338 g/mol. The highest BCUT2D eigenvalue weighted by atomic mass is 15.2. The molecule has 0 amide bonds. The van der Waals surface area contributed by atoms with Crippen LogP contribution in [0.4, 0.5) is 0 Å². The van der Waals surface area contributed by atoms with Crippen molar-refractivity contribution in [3.8, 4) is 0 Å². The zero-order valence-electron chi connectivity index (χ0n) is 17.4. The first-order valence-corrected chi connectivity index (χ1v) is 11.5. The van der Waals surface area contributed by atoms with Crippen LogP contribution in [0.15, 0.2) is 0 Å². The van der Waals surface area contributed by atoms with Gasteiger partial charge in [-0.05, 0) is 45.7 Å². The molecule has 0 saturated carbocycles. The Labute approximate surface area is 154 Å². The molecule has 1 aliphatic heterocycles. The monoisotopic (exact) mass is 337 g/mol. The number of hydrogen-bond donors (Lipinski definition) is 0. The molecule has 0 aromatic heterocycles. The lowest BCUT2D eigenvalue weighted by atomic mass is 9.85. The largest absolute Gasteiger partial charge is 0.298 e. The van der Waals surface area contributed by atoms with E-state index >= 15 is 0 Å². The number of hydrogen-bond acceptors (Lipinski definition) is 1. The summed E-state index contributed by atoms with van der Waals surface area (Å²) in [5, 5.41) is 0. The Bertz CT molecular complexity index is 251. The summed E-state index contributed by atoms with van der Waals surface area (Å²) >= 11 is 0. The summed E-state index contributed by atoms with van der Waals surface area (Å²) in [5.74, 6) is 0. The molecule has 0 spiro atoms. The maximum atomic E-state index is 2.87. The van der Waals surface area contributed by atoms with E-state index in [1.165, 1.54) is 122 Å². The van der Waals surface area contributed by atoms with Crippen LogP contribution in [-0.2, 0) is 0 Å². The summed E-state index contributed by atoms with van der Waals surface area (Å²) in [6, 6.07) is 0. The smallest absolute Gasteiger partial charge is 0.0181 e. The molecule has 24 heavy (non-hydrogen) atoms. The SMILES string of the molecule is CCCCCCCCC(C)(CCCCCCCC)N1CCCCC1. The van der Waals surface area contributed by atoms with Gasteiger partial charge in [-0.15, -0.1) is 0 Å². The molecule has 0 aromatic rings. The van der Waals surface area contributed by atoms with Crippen molar-refractivity contribution >= 4 is 0 Å². The average Bonchev–Trinajstić information content (AvgIpc) is 2.62. The lowest BCUT2D eigenvalue weighted by Gasteiger charge is -2.44. The first kappa shape index (κ1) is 22.0. The van der Waals surface area contributed by atoms with Crippen molar-refractivity contribution in [1.82, 2.24) is 4.90 Å². The summed E-state index contributed by atoms with van der Waals surface area (Å²) in [4.78, 5) is 2.87. The number of unbranched alkanes of at least 4 members (excludes halogenated alkanes) is 10. The van der Waals surface area contributed by atoms with Gasteiger partial charge in [-0.25, -0.2) is 0 Å². The van der Waals surface area contributed by atoms with E-state index in [2.05, 4.69) is 25.7 Å². The van der Waals surface area contributed by atoms with E-state index in [0.29, 0.717) is 5.54 Å². The summed E-state index contributed by atoms with van der Waals surface area (Å²) < 4.78 is 0. The van der Waals surface area contributed by atoms with Gasteiger partial charge in [0.05, 0.1) is 0 Å². The highest BCUT2D eigenvalue weighted by molar-refractivity contribution is 4.87. The first-order chi connectivity index (χ1) is 11.7. The van der Waals surface area contributed by atoms with Gasteiger partial charge >= 0.3 is 0 Å². The molecular weight excluding hydrogens is 290 g/mol. The fourth-order valence-electron chi connectivity index (χ4n) is 4.45. The molecule has 0 aromatic carbocycles. The van der Waals surface area contributed by atoms with E-state index in [4.69, 9.17) is 0 Å². The van der Waals surface area contributed by atoms with Crippen LogP contribution in [0.2, 0.25) is 0 Å². The van der Waals surface area contributed by atoms with Crippen LogP contribution < -0.4 is 0 Å². The third kappa shape index (κ3) is 9.44. The summed E-state index contributed by atoms with van der Waals surface area (Å²) in [6.07, 6.45) is 24.4. The van der Waals surface area contributed by atoms with Crippen molar-refractivity contribution in [3.63, 3.8) is 0 Å². The lowest BCUT2D eigenvalue weighted by Crippen LogP contribution is -2.48. The molecule has 144 valence electrons. The normalized spacial score (nSPS) is 16.6. The van der Waals surface area contributed by atoms with Crippen LogP contribution in [0.5, 0.6) is 0 Å². The van der Waals surface area contributed by atoms with Crippen LogP contribution in [0, 0.1) is 0 Å². The van der Waals surface area contributed by atoms with Crippen molar-refractivity contribution in [2.24, 2.45) is 0 Å². The molecular formula is C23H47N. The van der Waals surface area contributed by atoms with Gasteiger partial charge in [0.25, 0.3) is 0 Å². The van der Waals surface area contributed by atoms with E-state index < -0.39 is 0 Å². The molecule has 0 aliphatic carbocycles. The minimum Gasteiger partial charge on any atom is -0.298 e. The van der Waals surface area contributed by atoms with Gasteiger partial charge in [-0.2, -0.15) is 0 Å². The number of piperidine rings is 1. The highest BCUT2D eigenvalue weighted by Gasteiger charge is 2.31. The highest BCUT2D eigenvalue weighted by Crippen LogP contribution is 2.31. The minimum absolute atomic E-state index is 0.496. The van der Waals surface area contributed by atoms with E-state index in [-0.39, 0.29) is 0 Å². The first-order valence-electron chi connectivity index (χ1n) is 11.5. The lowest BCUT2D eigenvalue weighted by molar-refractivity contribution is 0.0606. The van der Waals surface area contributed by atoms with Gasteiger partial charge in [-0.1, -0.05) is 97.3 Å². The summed E-state index contributed by atoms with van der Waals surface area (Å²) in [5.41, 5.74) is 0.496. The van der Waals surface area contributed by atoms with Crippen molar-refractivity contribution < 1.29 is 0 Å². The predicted octanol–water partition coefficient (Wildman–Crippen LogP) is 7.73. The van der Waals surface area contributed by atoms with Gasteiger partial charge in [0.2, 0.25) is 0 Å². The van der Waals surface area contributed by atoms with E-state index in [0.717, 1.165) is 0 Å². The van der Waals surface area contributed by atoms with Crippen LogP contribution in [0.1, 0.15) is 130 Å². The maximum absolute atomic E-state index is 2.87. The zero-order chi connectivity index (χ0) is 17.5. The topological polar surface area (TPSA) is 3.24 Å². The van der Waals surface area contributed by atoms with E-state index in [9.17, 15) is 0 Å². The van der Waals surface area contributed by atoms with Crippen molar-refractivity contribution in [3.05, 3.63) is 0 Å². The molecule has 0 N–H and O–H groups in total. The van der Waals surface area contributed by atoms with E-state index in [1.54, 1.807) is 0 Å². The van der Waals surface area contributed by atoms with Gasteiger partial charge in [-0.3, -0.25) is 4.90 Å². The second-order valence-electron chi connectivity index (χ2n) is 8.58. The molecule has 0 radical (unpaired) electrons. The molecule has 0 atom stereocenters. The quantitative estimate of drug-likeness (QED) is 0.276. The molecule has 1 aliphatic rings. The van der Waals surface area contributed by atoms with Crippen molar-refractivity contribution in [1.29, 1.82) is 0 Å². The molecule has 0 bridgehead atoms. The minimum atomic E-state index is 0.496. The molecule has 1 saturated heterocycles. The second-order valence-corrected chi connectivity index (χ2v) is 8.58.